The normalized spacial score (nSPS) is 15.9. The summed E-state index contributed by atoms with van der Waals surface area (Å²) in [6.07, 6.45) is 5.89. The predicted molar refractivity (Wildman–Crippen MR) is 117 cm³/mol. The number of nitrogens with one attached hydrogen (secondary N) is 1. The van der Waals surface area contributed by atoms with Crippen molar-refractivity contribution in [3.63, 3.8) is 0 Å². The zero-order chi connectivity index (χ0) is 22.8. The number of anilines is 1. The molecule has 10 heteroatoms. The number of carbonyl (C=O) groups is 2. The Kier molecular flexibility index (Phi) is 6.78. The first-order valence-electron chi connectivity index (χ1n) is 10.3. The summed E-state index contributed by atoms with van der Waals surface area (Å²) in [6.45, 7) is 7.08. The molecule has 0 aliphatic heterocycles. The first-order valence-corrected chi connectivity index (χ1v) is 11.1. The van der Waals surface area contributed by atoms with Gasteiger partial charge in [-0.2, -0.15) is 5.10 Å². The molecular formula is C21H28N4O5S. The number of nitro groups is 1. The highest BCUT2D eigenvalue weighted by molar-refractivity contribution is 7.17. The second-order valence-electron chi connectivity index (χ2n) is 8.88. The van der Waals surface area contributed by atoms with E-state index in [4.69, 9.17) is 4.74 Å². The molecule has 1 N–H and O–H groups in total. The Bertz CT molecular complexity index is 989. The van der Waals surface area contributed by atoms with Crippen molar-refractivity contribution in [2.24, 2.45) is 11.3 Å². The van der Waals surface area contributed by atoms with Crippen LogP contribution in [0, 0.1) is 21.4 Å². The van der Waals surface area contributed by atoms with Gasteiger partial charge in [-0.1, -0.05) is 20.8 Å². The van der Waals surface area contributed by atoms with Gasteiger partial charge in [-0.15, -0.1) is 11.3 Å². The summed E-state index contributed by atoms with van der Waals surface area (Å²) in [7, 11) is 1.35. The number of thiophene rings is 1. The number of hydrogen-bond acceptors (Lipinski definition) is 7. The lowest BCUT2D eigenvalue weighted by Gasteiger charge is -2.33. The quantitative estimate of drug-likeness (QED) is 0.385. The SMILES string of the molecule is COC(=O)c1c(NC(=O)CCCn2cc([N+](=O)[O-])cn2)sc2c1CC[C@H](C(C)(C)C)C2. The van der Waals surface area contributed by atoms with E-state index in [1.54, 1.807) is 0 Å². The second kappa shape index (κ2) is 9.17. The summed E-state index contributed by atoms with van der Waals surface area (Å²) in [6, 6.07) is 0. The average Bonchev–Trinajstić information content (AvgIpc) is 3.30. The van der Waals surface area contributed by atoms with Crippen molar-refractivity contribution in [2.75, 3.05) is 12.4 Å². The van der Waals surface area contributed by atoms with Gasteiger partial charge in [0.15, 0.2) is 0 Å². The number of esters is 1. The molecule has 0 radical (unpaired) electrons. The van der Waals surface area contributed by atoms with Gasteiger partial charge in [0.25, 0.3) is 0 Å². The van der Waals surface area contributed by atoms with Gasteiger partial charge in [-0.25, -0.2) is 4.79 Å². The number of aryl methyl sites for hydroxylation is 1. The van der Waals surface area contributed by atoms with E-state index in [1.165, 1.54) is 35.5 Å². The molecule has 1 amide bonds. The van der Waals surface area contributed by atoms with E-state index < -0.39 is 10.9 Å². The third-order valence-electron chi connectivity index (χ3n) is 5.75. The average molecular weight is 449 g/mol. The Morgan fingerprint density at radius 2 is 2.16 bits per heavy atom. The van der Waals surface area contributed by atoms with E-state index in [2.05, 4.69) is 31.2 Å². The van der Waals surface area contributed by atoms with Crippen LogP contribution in [0.15, 0.2) is 12.4 Å². The summed E-state index contributed by atoms with van der Waals surface area (Å²) >= 11 is 1.46. The number of hydrogen-bond donors (Lipinski definition) is 1. The van der Waals surface area contributed by atoms with Crippen LogP contribution in [0.3, 0.4) is 0 Å². The summed E-state index contributed by atoms with van der Waals surface area (Å²) in [5, 5.41) is 18.1. The smallest absolute Gasteiger partial charge is 0.341 e. The molecule has 0 unspecified atom stereocenters. The van der Waals surface area contributed by atoms with Crippen molar-refractivity contribution in [2.45, 2.75) is 59.4 Å². The fraction of sp³-hybridized carbons (Fsp3) is 0.571. The summed E-state index contributed by atoms with van der Waals surface area (Å²) in [5.41, 5.74) is 1.57. The van der Waals surface area contributed by atoms with E-state index in [0.29, 0.717) is 29.4 Å². The van der Waals surface area contributed by atoms with Gasteiger partial charge in [0, 0.05) is 17.8 Å². The Balaban J connectivity index is 1.67. The van der Waals surface area contributed by atoms with Gasteiger partial charge in [0.1, 0.15) is 17.4 Å². The third kappa shape index (κ3) is 5.30. The van der Waals surface area contributed by atoms with Crippen molar-refractivity contribution in [1.29, 1.82) is 0 Å². The molecule has 9 nitrogen and oxygen atoms in total. The van der Waals surface area contributed by atoms with E-state index in [1.807, 2.05) is 0 Å². The van der Waals surface area contributed by atoms with Crippen LogP contribution in [-0.2, 0) is 28.9 Å². The lowest BCUT2D eigenvalue weighted by molar-refractivity contribution is -0.385. The third-order valence-corrected chi connectivity index (χ3v) is 6.92. The van der Waals surface area contributed by atoms with Crippen molar-refractivity contribution >= 4 is 33.9 Å². The minimum Gasteiger partial charge on any atom is -0.465 e. The van der Waals surface area contributed by atoms with Crippen LogP contribution < -0.4 is 5.32 Å². The number of ether oxygens (including phenoxy) is 1. The van der Waals surface area contributed by atoms with E-state index in [9.17, 15) is 19.7 Å². The van der Waals surface area contributed by atoms with Crippen molar-refractivity contribution < 1.29 is 19.2 Å². The first kappa shape index (κ1) is 22.9. The molecule has 1 atom stereocenters. The number of aromatic nitrogens is 2. The van der Waals surface area contributed by atoms with Crippen LogP contribution in [0.2, 0.25) is 0 Å². The number of rotatable bonds is 7. The number of carbonyl (C=O) groups excluding carboxylic acids is 2. The van der Waals surface area contributed by atoms with Crippen LogP contribution in [0.1, 0.15) is 60.8 Å². The van der Waals surface area contributed by atoms with E-state index in [-0.39, 0.29) is 23.4 Å². The summed E-state index contributed by atoms with van der Waals surface area (Å²) in [4.78, 5) is 36.3. The van der Waals surface area contributed by atoms with Crippen molar-refractivity contribution in [3.8, 4) is 0 Å². The lowest BCUT2D eigenvalue weighted by atomic mass is 9.72. The van der Waals surface area contributed by atoms with Gasteiger partial charge >= 0.3 is 11.7 Å². The minimum absolute atomic E-state index is 0.0788. The maximum atomic E-state index is 12.5. The van der Waals surface area contributed by atoms with E-state index in [0.717, 1.165) is 29.7 Å². The Hall–Kier alpha value is -2.75. The molecule has 31 heavy (non-hydrogen) atoms. The molecular weight excluding hydrogens is 420 g/mol. The van der Waals surface area contributed by atoms with Crippen LogP contribution in [-0.4, -0.2) is 33.7 Å². The molecule has 2 aromatic heterocycles. The number of amides is 1. The standard InChI is InChI=1S/C21H28N4O5S/c1-21(2,3)13-7-8-15-16(10-13)31-19(18(15)20(27)30-4)23-17(26)6-5-9-24-12-14(11-22-24)25(28)29/h11-13H,5-10H2,1-4H3,(H,23,26)/t13-/m0/s1. The summed E-state index contributed by atoms with van der Waals surface area (Å²) < 4.78 is 6.43. The van der Waals surface area contributed by atoms with Gasteiger partial charge in [0.05, 0.1) is 17.6 Å². The van der Waals surface area contributed by atoms with Crippen molar-refractivity contribution in [1.82, 2.24) is 9.78 Å². The zero-order valence-corrected chi connectivity index (χ0v) is 19.1. The van der Waals surface area contributed by atoms with Gasteiger partial charge in [-0.3, -0.25) is 19.6 Å². The number of nitrogens with zero attached hydrogens (tertiary/aromatic N) is 3. The van der Waals surface area contributed by atoms with Crippen LogP contribution in [0.25, 0.3) is 0 Å². The van der Waals surface area contributed by atoms with E-state index >= 15 is 0 Å². The number of methoxy groups -OCH3 is 1. The highest BCUT2D eigenvalue weighted by Crippen LogP contribution is 2.44. The first-order chi connectivity index (χ1) is 14.6. The molecule has 168 valence electrons. The fourth-order valence-corrected chi connectivity index (χ4v) is 5.22. The monoisotopic (exact) mass is 448 g/mol. The molecule has 0 bridgehead atoms. The van der Waals surface area contributed by atoms with Crippen LogP contribution in [0.5, 0.6) is 0 Å². The Morgan fingerprint density at radius 3 is 2.77 bits per heavy atom. The summed E-state index contributed by atoms with van der Waals surface area (Å²) in [5.74, 6) is -0.116. The maximum absolute atomic E-state index is 12.5. The molecule has 1 aliphatic carbocycles. The molecule has 0 saturated heterocycles. The zero-order valence-electron chi connectivity index (χ0n) is 18.3. The number of fused-ring (bicyclic) bond motifs is 1. The van der Waals surface area contributed by atoms with Gasteiger partial charge < -0.3 is 10.1 Å². The van der Waals surface area contributed by atoms with Crippen LogP contribution >= 0.6 is 11.3 Å². The minimum atomic E-state index is -0.507. The molecule has 1 aliphatic rings. The van der Waals surface area contributed by atoms with Crippen LogP contribution in [0.4, 0.5) is 10.7 Å². The highest BCUT2D eigenvalue weighted by Gasteiger charge is 2.34. The lowest BCUT2D eigenvalue weighted by Crippen LogP contribution is -2.26. The highest BCUT2D eigenvalue weighted by atomic mass is 32.1. The largest absolute Gasteiger partial charge is 0.465 e. The van der Waals surface area contributed by atoms with Crippen molar-refractivity contribution in [3.05, 3.63) is 38.5 Å². The molecule has 2 heterocycles. The molecule has 2 aromatic rings. The molecule has 0 aromatic carbocycles. The second-order valence-corrected chi connectivity index (χ2v) is 9.98. The molecule has 0 spiro atoms. The van der Waals surface area contributed by atoms with Gasteiger partial charge in [-0.05, 0) is 42.6 Å². The molecule has 0 saturated carbocycles. The topological polar surface area (TPSA) is 116 Å². The fourth-order valence-electron chi connectivity index (χ4n) is 3.89. The predicted octanol–water partition coefficient (Wildman–Crippen LogP) is 4.21. The Labute approximate surface area is 184 Å². The molecule has 3 rings (SSSR count). The maximum Gasteiger partial charge on any atom is 0.341 e. The van der Waals surface area contributed by atoms with Gasteiger partial charge in [0.2, 0.25) is 5.91 Å². The Morgan fingerprint density at radius 1 is 1.42 bits per heavy atom. The molecule has 0 fully saturated rings.